The Morgan fingerprint density at radius 3 is 2.48 bits per heavy atom. The van der Waals surface area contributed by atoms with Gasteiger partial charge in [-0.15, -0.1) is 10.2 Å². The quantitative estimate of drug-likeness (QED) is 0.446. The van der Waals surface area contributed by atoms with Crippen LogP contribution in [-0.2, 0) is 14.8 Å². The predicted molar refractivity (Wildman–Crippen MR) is 122 cm³/mol. The molecule has 2 heterocycles. The zero-order valence-corrected chi connectivity index (χ0v) is 18.8. The van der Waals surface area contributed by atoms with Gasteiger partial charge in [0, 0.05) is 11.1 Å². The summed E-state index contributed by atoms with van der Waals surface area (Å²) in [6.07, 6.45) is 0. The van der Waals surface area contributed by atoms with E-state index in [-0.39, 0.29) is 10.8 Å². The first-order valence-corrected chi connectivity index (χ1v) is 11.9. The minimum Gasteiger partial charge on any atom is -0.325 e. The molecule has 4 aromatic rings. The molecule has 2 aromatic carbocycles. The monoisotopic (exact) mass is 455 g/mol. The molecule has 0 spiro atoms. The van der Waals surface area contributed by atoms with Crippen LogP contribution >= 0.6 is 11.8 Å². The molecule has 4 rings (SSSR count). The molecular weight excluding hydrogens is 434 g/mol. The second-order valence-corrected chi connectivity index (χ2v) is 10.2. The van der Waals surface area contributed by atoms with Crippen LogP contribution in [0.1, 0.15) is 18.1 Å². The summed E-state index contributed by atoms with van der Waals surface area (Å²) in [6.45, 7) is 5.86. The number of aryl methyl sites for hydroxylation is 2. The van der Waals surface area contributed by atoms with E-state index in [0.29, 0.717) is 10.8 Å². The van der Waals surface area contributed by atoms with Crippen LogP contribution in [-0.4, -0.2) is 34.2 Å². The number of pyridine rings is 1. The molecule has 0 bridgehead atoms. The summed E-state index contributed by atoms with van der Waals surface area (Å²) in [4.78, 5) is 12.7. The number of carbonyl (C=O) groups is 1. The number of sulfonamides is 1. The molecule has 0 radical (unpaired) electrons. The molecule has 0 aliphatic rings. The van der Waals surface area contributed by atoms with E-state index < -0.39 is 15.3 Å². The molecule has 0 aliphatic heterocycles. The van der Waals surface area contributed by atoms with Gasteiger partial charge in [-0.1, -0.05) is 30.0 Å². The Hall–Kier alpha value is -2.95. The van der Waals surface area contributed by atoms with E-state index in [0.717, 1.165) is 27.7 Å². The minimum absolute atomic E-state index is 0.0135. The van der Waals surface area contributed by atoms with Gasteiger partial charge >= 0.3 is 0 Å². The van der Waals surface area contributed by atoms with Gasteiger partial charge in [0.2, 0.25) is 15.9 Å². The first kappa shape index (κ1) is 21.3. The second kappa shape index (κ2) is 7.95. The molecule has 1 unspecified atom stereocenters. The van der Waals surface area contributed by atoms with E-state index in [2.05, 4.69) is 21.6 Å². The summed E-state index contributed by atoms with van der Waals surface area (Å²) in [5.41, 5.74) is 4.45. The number of hydrogen-bond acceptors (Lipinski definition) is 6. The smallest absolute Gasteiger partial charge is 0.238 e. The molecule has 0 saturated carbocycles. The van der Waals surface area contributed by atoms with Crippen LogP contribution in [0, 0.1) is 13.8 Å². The molecule has 0 saturated heterocycles. The van der Waals surface area contributed by atoms with Crippen molar-refractivity contribution in [1.82, 2.24) is 14.6 Å². The molecule has 10 heteroatoms. The average molecular weight is 456 g/mol. The molecule has 0 aliphatic carbocycles. The van der Waals surface area contributed by atoms with Gasteiger partial charge in [0.25, 0.3) is 0 Å². The Bertz CT molecular complexity index is 1410. The van der Waals surface area contributed by atoms with Crippen LogP contribution in [0.4, 0.5) is 5.69 Å². The lowest BCUT2D eigenvalue weighted by Gasteiger charge is -2.13. The van der Waals surface area contributed by atoms with Crippen LogP contribution < -0.4 is 10.5 Å². The zero-order chi connectivity index (χ0) is 22.3. The standard InChI is InChI=1S/C21H21N5O3S2/c1-12-5-4-6-17-13(2)11-18-24-25-21(26(18)19(12)17)30-14(3)20(27)23-15-7-9-16(10-8-15)31(22,28)29/h4-11,14H,1-3H3,(H,23,27)(H2,22,28,29). The third kappa shape index (κ3) is 4.14. The molecule has 31 heavy (non-hydrogen) atoms. The number of rotatable bonds is 5. The largest absolute Gasteiger partial charge is 0.325 e. The fourth-order valence-electron chi connectivity index (χ4n) is 3.39. The summed E-state index contributed by atoms with van der Waals surface area (Å²) in [5.74, 6) is -0.238. The van der Waals surface area contributed by atoms with E-state index in [1.807, 2.05) is 36.4 Å². The lowest BCUT2D eigenvalue weighted by molar-refractivity contribution is -0.115. The minimum atomic E-state index is -3.78. The van der Waals surface area contributed by atoms with Crippen LogP contribution in [0.2, 0.25) is 0 Å². The number of nitrogens with one attached hydrogen (secondary N) is 1. The first-order valence-electron chi connectivity index (χ1n) is 9.49. The average Bonchev–Trinajstić information content (AvgIpc) is 3.10. The van der Waals surface area contributed by atoms with Gasteiger partial charge in [-0.25, -0.2) is 13.6 Å². The topological polar surface area (TPSA) is 119 Å². The van der Waals surface area contributed by atoms with Crippen molar-refractivity contribution in [2.24, 2.45) is 5.14 Å². The number of anilines is 1. The maximum atomic E-state index is 12.7. The van der Waals surface area contributed by atoms with Crippen LogP contribution in [0.5, 0.6) is 0 Å². The Morgan fingerprint density at radius 1 is 1.10 bits per heavy atom. The lowest BCUT2D eigenvalue weighted by atomic mass is 10.1. The number of nitrogens with two attached hydrogens (primary N) is 1. The molecule has 160 valence electrons. The number of thioether (sulfide) groups is 1. The SMILES string of the molecule is Cc1cc2nnc(SC(C)C(=O)Nc3ccc(S(N)(=O)=O)cc3)n2c2c(C)cccc12. The molecule has 3 N–H and O–H groups in total. The van der Waals surface area contributed by atoms with Crippen molar-refractivity contribution in [2.45, 2.75) is 36.1 Å². The Kier molecular flexibility index (Phi) is 5.46. The number of primary sulfonamides is 1. The van der Waals surface area contributed by atoms with Crippen molar-refractivity contribution in [3.63, 3.8) is 0 Å². The van der Waals surface area contributed by atoms with E-state index in [1.165, 1.54) is 36.0 Å². The van der Waals surface area contributed by atoms with Crippen molar-refractivity contribution in [3.8, 4) is 0 Å². The van der Waals surface area contributed by atoms with Gasteiger partial charge in [0.1, 0.15) is 0 Å². The fraction of sp³-hybridized carbons (Fsp3) is 0.190. The highest BCUT2D eigenvalue weighted by Crippen LogP contribution is 2.30. The summed E-state index contributed by atoms with van der Waals surface area (Å²) in [5, 5.41) is 17.8. The van der Waals surface area contributed by atoms with Gasteiger partial charge in [-0.3, -0.25) is 9.20 Å². The van der Waals surface area contributed by atoms with Crippen molar-refractivity contribution < 1.29 is 13.2 Å². The predicted octanol–water partition coefficient (Wildman–Crippen LogP) is 3.27. The van der Waals surface area contributed by atoms with Crippen LogP contribution in [0.25, 0.3) is 16.6 Å². The third-order valence-corrected chi connectivity index (χ3v) is 6.96. The fourth-order valence-corrected chi connectivity index (χ4v) is 4.77. The van der Waals surface area contributed by atoms with Crippen molar-refractivity contribution in [2.75, 3.05) is 5.32 Å². The van der Waals surface area contributed by atoms with Crippen molar-refractivity contribution in [1.29, 1.82) is 0 Å². The number of nitrogens with zero attached hydrogens (tertiary/aromatic N) is 3. The van der Waals surface area contributed by atoms with Gasteiger partial charge in [-0.2, -0.15) is 0 Å². The maximum Gasteiger partial charge on any atom is 0.238 e. The van der Waals surface area contributed by atoms with Gasteiger partial charge in [0.15, 0.2) is 10.8 Å². The Balaban J connectivity index is 1.60. The number of hydrogen-bond donors (Lipinski definition) is 2. The first-order chi connectivity index (χ1) is 14.6. The number of fused-ring (bicyclic) bond motifs is 3. The van der Waals surface area contributed by atoms with Crippen molar-refractivity contribution >= 4 is 49.9 Å². The van der Waals surface area contributed by atoms with Crippen molar-refractivity contribution in [3.05, 3.63) is 59.7 Å². The molecule has 1 amide bonds. The summed E-state index contributed by atoms with van der Waals surface area (Å²) < 4.78 is 24.7. The molecule has 0 fully saturated rings. The highest BCUT2D eigenvalue weighted by atomic mass is 32.2. The van der Waals surface area contributed by atoms with E-state index >= 15 is 0 Å². The number of amides is 1. The van der Waals surface area contributed by atoms with E-state index in [4.69, 9.17) is 5.14 Å². The Labute approximate surface area is 183 Å². The lowest BCUT2D eigenvalue weighted by Crippen LogP contribution is -2.22. The molecular formula is C21H21N5O3S2. The normalized spacial score (nSPS) is 12.9. The number of benzene rings is 2. The second-order valence-electron chi connectivity index (χ2n) is 7.29. The highest BCUT2D eigenvalue weighted by Gasteiger charge is 2.20. The Morgan fingerprint density at radius 2 is 1.81 bits per heavy atom. The maximum absolute atomic E-state index is 12.7. The molecule has 1 atom stereocenters. The number of carbonyl (C=O) groups excluding carboxylic acids is 1. The number of aromatic nitrogens is 3. The summed E-state index contributed by atoms with van der Waals surface area (Å²) >= 11 is 1.31. The molecule has 8 nitrogen and oxygen atoms in total. The zero-order valence-electron chi connectivity index (χ0n) is 17.2. The van der Waals surface area contributed by atoms with Crippen LogP contribution in [0.3, 0.4) is 0 Å². The number of para-hydroxylation sites is 1. The highest BCUT2D eigenvalue weighted by molar-refractivity contribution is 8.00. The van der Waals surface area contributed by atoms with Gasteiger partial charge in [-0.05, 0) is 62.2 Å². The van der Waals surface area contributed by atoms with E-state index in [9.17, 15) is 13.2 Å². The van der Waals surface area contributed by atoms with Gasteiger partial charge in [0.05, 0.1) is 15.7 Å². The van der Waals surface area contributed by atoms with E-state index in [1.54, 1.807) is 6.92 Å². The van der Waals surface area contributed by atoms with Gasteiger partial charge < -0.3 is 5.32 Å². The summed E-state index contributed by atoms with van der Waals surface area (Å²) in [7, 11) is -3.78. The summed E-state index contributed by atoms with van der Waals surface area (Å²) in [6, 6.07) is 13.8. The molecule has 2 aromatic heterocycles. The third-order valence-electron chi connectivity index (χ3n) is 4.99. The van der Waals surface area contributed by atoms with Crippen LogP contribution in [0.15, 0.2) is 58.6 Å².